The average molecular weight is 985 g/mol. The number of hydrogen-bond donors (Lipinski definition) is 1. The van der Waals surface area contributed by atoms with Gasteiger partial charge in [-0.2, -0.15) is 0 Å². The number of carbonyl (C=O) groups is 2. The van der Waals surface area contributed by atoms with Crippen molar-refractivity contribution in [3.05, 3.63) is 97.2 Å². The predicted molar refractivity (Wildman–Crippen MR) is 293 cm³/mol. The third kappa shape index (κ3) is 54.1. The Bertz CT molecular complexity index is 1490. The van der Waals surface area contributed by atoms with Crippen LogP contribution in [0, 0.1) is 0 Å². The molecule has 0 radical (unpaired) electrons. The van der Waals surface area contributed by atoms with E-state index in [-0.39, 0.29) is 32.0 Å². The SMILES string of the molecule is CC/C=C\C/C=C\C/C=C\C/C=C\C/C=C\C/C=C\C/C=C\CCCCCCCCCC(=O)OC(COC(=O)CCCCCCC/C=C\CCCCCCCCC)COP(=O)(O)OCC[N+](C)(C)C. The standard InChI is InChI=1S/C59H102NO8P/c1-6-8-10-12-14-16-18-20-22-24-25-26-27-28-29-30-31-32-33-34-35-36-38-40-42-44-46-48-50-52-59(62)68-57(56-67-69(63,64)66-54-53-60(3,4)5)55-65-58(61)51-49-47-45-43-41-39-37-23-21-19-17-15-13-11-9-7-2/h8,10,14,16,20,22-23,25-26,28-29,31-32,34-35,37,57H,6-7,9,11-13,15,17-19,21,24,27,30,33,36,38-56H2,1-5H3/p+1/b10-8-,16-14-,22-20-,26-25-,29-28-,32-31-,35-34-,37-23-. The Labute approximate surface area is 423 Å². The molecule has 0 aromatic heterocycles. The fourth-order valence-electron chi connectivity index (χ4n) is 7.11. The van der Waals surface area contributed by atoms with Crippen LogP contribution in [0.2, 0.25) is 0 Å². The van der Waals surface area contributed by atoms with Gasteiger partial charge >= 0.3 is 19.8 Å². The van der Waals surface area contributed by atoms with Crippen molar-refractivity contribution in [1.82, 2.24) is 0 Å². The summed E-state index contributed by atoms with van der Waals surface area (Å²) < 4.78 is 34.5. The highest BCUT2D eigenvalue weighted by Crippen LogP contribution is 2.43. The molecule has 1 N–H and O–H groups in total. The van der Waals surface area contributed by atoms with Gasteiger partial charge in [-0.25, -0.2) is 4.57 Å². The molecule has 0 amide bonds. The molecule has 2 atom stereocenters. The van der Waals surface area contributed by atoms with E-state index in [0.717, 1.165) is 109 Å². The lowest BCUT2D eigenvalue weighted by Gasteiger charge is -2.24. The molecule has 0 aliphatic rings. The summed E-state index contributed by atoms with van der Waals surface area (Å²) in [5.74, 6) is -0.825. The first-order chi connectivity index (χ1) is 33.5. The van der Waals surface area contributed by atoms with Crippen LogP contribution in [0.3, 0.4) is 0 Å². The van der Waals surface area contributed by atoms with Crippen molar-refractivity contribution in [3.63, 3.8) is 0 Å². The summed E-state index contributed by atoms with van der Waals surface area (Å²) >= 11 is 0. The smallest absolute Gasteiger partial charge is 0.462 e. The number of likely N-dealkylation sites (N-methyl/N-ethyl adjacent to an activating group) is 1. The van der Waals surface area contributed by atoms with Crippen molar-refractivity contribution in [2.24, 2.45) is 0 Å². The quantitative estimate of drug-likeness (QED) is 0.0211. The number of hydrogen-bond acceptors (Lipinski definition) is 7. The molecule has 0 fully saturated rings. The highest BCUT2D eigenvalue weighted by Gasteiger charge is 2.27. The van der Waals surface area contributed by atoms with Gasteiger partial charge in [0.15, 0.2) is 6.10 Å². The molecule has 0 saturated heterocycles. The van der Waals surface area contributed by atoms with Crippen molar-refractivity contribution >= 4 is 19.8 Å². The lowest BCUT2D eigenvalue weighted by molar-refractivity contribution is -0.870. The lowest BCUT2D eigenvalue weighted by atomic mass is 10.1. The average Bonchev–Trinajstić information content (AvgIpc) is 3.31. The van der Waals surface area contributed by atoms with E-state index in [2.05, 4.69) is 111 Å². The summed E-state index contributed by atoms with van der Waals surface area (Å²) in [6.07, 6.45) is 67.5. The first kappa shape index (κ1) is 65.9. The summed E-state index contributed by atoms with van der Waals surface area (Å²) in [5, 5.41) is 0. The molecule has 0 saturated carbocycles. The van der Waals surface area contributed by atoms with Gasteiger partial charge in [-0.05, 0) is 96.3 Å². The molecule has 0 bridgehead atoms. The van der Waals surface area contributed by atoms with E-state index in [1.54, 1.807) is 0 Å². The maximum Gasteiger partial charge on any atom is 0.472 e. The third-order valence-electron chi connectivity index (χ3n) is 11.3. The van der Waals surface area contributed by atoms with Crippen LogP contribution in [0.25, 0.3) is 0 Å². The number of ether oxygens (including phenoxy) is 2. The topological polar surface area (TPSA) is 108 Å². The summed E-state index contributed by atoms with van der Waals surface area (Å²) in [6.45, 7) is 4.28. The van der Waals surface area contributed by atoms with Gasteiger partial charge in [0.2, 0.25) is 0 Å². The van der Waals surface area contributed by atoms with Gasteiger partial charge < -0.3 is 18.9 Å². The molecule has 2 unspecified atom stereocenters. The highest BCUT2D eigenvalue weighted by molar-refractivity contribution is 7.47. The van der Waals surface area contributed by atoms with Gasteiger partial charge in [-0.3, -0.25) is 18.6 Å². The fraction of sp³-hybridized carbons (Fsp3) is 0.695. The fourth-order valence-corrected chi connectivity index (χ4v) is 7.85. The molecule has 9 nitrogen and oxygen atoms in total. The molecule has 0 aliphatic heterocycles. The van der Waals surface area contributed by atoms with Crippen LogP contribution in [0.15, 0.2) is 97.2 Å². The van der Waals surface area contributed by atoms with Gasteiger partial charge in [-0.1, -0.05) is 201 Å². The molecule has 0 spiro atoms. The number of carbonyl (C=O) groups excluding carboxylic acids is 2. The maximum atomic E-state index is 12.8. The number of phosphoric ester groups is 1. The molecule has 0 rings (SSSR count). The summed E-state index contributed by atoms with van der Waals surface area (Å²) in [5.41, 5.74) is 0. The first-order valence-corrected chi connectivity index (χ1v) is 29.0. The van der Waals surface area contributed by atoms with Crippen molar-refractivity contribution in [2.75, 3.05) is 47.5 Å². The largest absolute Gasteiger partial charge is 0.472 e. The minimum Gasteiger partial charge on any atom is -0.462 e. The number of rotatable bonds is 49. The Morgan fingerprint density at radius 1 is 0.464 bits per heavy atom. The van der Waals surface area contributed by atoms with E-state index in [4.69, 9.17) is 18.5 Å². The number of unbranched alkanes of at least 4 members (excludes halogenated alkanes) is 19. The molecule has 0 aliphatic carbocycles. The van der Waals surface area contributed by atoms with E-state index in [1.807, 2.05) is 21.1 Å². The van der Waals surface area contributed by atoms with Crippen LogP contribution in [0.1, 0.15) is 213 Å². The molecule has 0 aromatic rings. The zero-order valence-electron chi connectivity index (χ0n) is 44.8. The molecular formula is C59H103NO8P+. The van der Waals surface area contributed by atoms with Crippen molar-refractivity contribution in [3.8, 4) is 0 Å². The monoisotopic (exact) mass is 985 g/mol. The van der Waals surface area contributed by atoms with Crippen LogP contribution in [0.4, 0.5) is 0 Å². The Kier molecular flexibility index (Phi) is 47.7. The maximum absolute atomic E-state index is 12.8. The van der Waals surface area contributed by atoms with E-state index in [0.29, 0.717) is 17.4 Å². The van der Waals surface area contributed by atoms with Crippen molar-refractivity contribution < 1.29 is 42.1 Å². The summed E-state index contributed by atoms with van der Waals surface area (Å²) in [4.78, 5) is 35.6. The minimum absolute atomic E-state index is 0.0233. The summed E-state index contributed by atoms with van der Waals surface area (Å²) in [6, 6.07) is 0. The molecule has 69 heavy (non-hydrogen) atoms. The van der Waals surface area contributed by atoms with Crippen molar-refractivity contribution in [2.45, 2.75) is 219 Å². The molecule has 0 heterocycles. The Morgan fingerprint density at radius 3 is 1.25 bits per heavy atom. The van der Waals surface area contributed by atoms with Crippen molar-refractivity contribution in [1.29, 1.82) is 0 Å². The highest BCUT2D eigenvalue weighted by atomic mass is 31.2. The zero-order valence-corrected chi connectivity index (χ0v) is 45.7. The number of quaternary nitrogens is 1. The second kappa shape index (κ2) is 49.9. The van der Waals surface area contributed by atoms with Gasteiger partial charge in [0, 0.05) is 12.8 Å². The van der Waals surface area contributed by atoms with Gasteiger partial charge in [0.1, 0.15) is 19.8 Å². The van der Waals surface area contributed by atoms with Gasteiger partial charge in [-0.15, -0.1) is 0 Å². The number of phosphoric acid groups is 1. The number of esters is 2. The van der Waals surface area contributed by atoms with Crippen LogP contribution in [0.5, 0.6) is 0 Å². The third-order valence-corrected chi connectivity index (χ3v) is 12.3. The van der Waals surface area contributed by atoms with E-state index in [9.17, 15) is 19.0 Å². The molecule has 396 valence electrons. The van der Waals surface area contributed by atoms with Gasteiger partial charge in [0.25, 0.3) is 0 Å². The minimum atomic E-state index is -4.39. The van der Waals surface area contributed by atoms with Crippen LogP contribution >= 0.6 is 7.82 Å². The molecular weight excluding hydrogens is 882 g/mol. The normalized spacial score (nSPS) is 14.1. The Balaban J connectivity index is 4.25. The summed E-state index contributed by atoms with van der Waals surface area (Å²) in [7, 11) is 1.45. The van der Waals surface area contributed by atoms with Crippen LogP contribution in [-0.2, 0) is 32.7 Å². The predicted octanol–water partition coefficient (Wildman–Crippen LogP) is 16.9. The number of nitrogens with zero attached hydrogens (tertiary/aromatic N) is 1. The second-order valence-electron chi connectivity index (χ2n) is 19.2. The lowest BCUT2D eigenvalue weighted by Crippen LogP contribution is -2.37. The Hall–Kier alpha value is -3.07. The van der Waals surface area contributed by atoms with Crippen LogP contribution in [-0.4, -0.2) is 74.9 Å². The van der Waals surface area contributed by atoms with Crippen LogP contribution < -0.4 is 0 Å². The molecule has 0 aromatic carbocycles. The zero-order chi connectivity index (χ0) is 50.6. The van der Waals surface area contributed by atoms with E-state index in [1.165, 1.54) is 70.6 Å². The second-order valence-corrected chi connectivity index (χ2v) is 20.7. The number of allylic oxidation sites excluding steroid dienone is 16. The van der Waals surface area contributed by atoms with E-state index >= 15 is 0 Å². The Morgan fingerprint density at radius 2 is 0.826 bits per heavy atom. The van der Waals surface area contributed by atoms with E-state index < -0.39 is 26.5 Å². The first-order valence-electron chi connectivity index (χ1n) is 27.5. The van der Waals surface area contributed by atoms with Gasteiger partial charge in [0.05, 0.1) is 27.7 Å². The molecule has 10 heteroatoms.